The van der Waals surface area contributed by atoms with E-state index in [1.807, 2.05) is 50.2 Å². The van der Waals surface area contributed by atoms with Crippen molar-refractivity contribution in [1.29, 1.82) is 0 Å². The zero-order valence-corrected chi connectivity index (χ0v) is 18.7. The molecule has 2 aromatic carbocycles. The molecule has 1 unspecified atom stereocenters. The van der Waals surface area contributed by atoms with E-state index >= 15 is 0 Å². The molecule has 0 bridgehead atoms. The highest BCUT2D eigenvalue weighted by Gasteiger charge is 2.20. The molecule has 0 fully saturated rings. The highest BCUT2D eigenvalue weighted by molar-refractivity contribution is 5.96. The maximum atomic E-state index is 13.1. The summed E-state index contributed by atoms with van der Waals surface area (Å²) in [5.74, 6) is 1.12. The molecule has 0 aliphatic rings. The molecule has 0 aliphatic carbocycles. The Labute approximate surface area is 184 Å². The molecule has 0 saturated heterocycles. The van der Waals surface area contributed by atoms with Gasteiger partial charge >= 0.3 is 0 Å². The number of aryl methyl sites for hydroxylation is 2. The van der Waals surface area contributed by atoms with Crippen LogP contribution in [0.1, 0.15) is 52.8 Å². The number of benzene rings is 2. The number of carbonyl (C=O) groups excluding carboxylic acids is 1. The fourth-order valence-electron chi connectivity index (χ4n) is 3.72. The zero-order valence-electron chi connectivity index (χ0n) is 18.7. The minimum absolute atomic E-state index is 0.107. The van der Waals surface area contributed by atoms with Gasteiger partial charge in [0.1, 0.15) is 18.1 Å². The number of ether oxygens (including phenoxy) is 1. The van der Waals surface area contributed by atoms with Crippen molar-refractivity contribution in [2.75, 3.05) is 19.6 Å². The van der Waals surface area contributed by atoms with Crippen LogP contribution < -0.4 is 10.1 Å². The maximum absolute atomic E-state index is 13.1. The minimum Gasteiger partial charge on any atom is -0.488 e. The van der Waals surface area contributed by atoms with Crippen LogP contribution in [0.5, 0.6) is 5.75 Å². The van der Waals surface area contributed by atoms with Gasteiger partial charge in [0, 0.05) is 6.54 Å². The largest absolute Gasteiger partial charge is 0.488 e. The van der Waals surface area contributed by atoms with E-state index in [0.29, 0.717) is 24.5 Å². The quantitative estimate of drug-likeness (QED) is 0.515. The molecule has 1 heterocycles. The lowest BCUT2D eigenvalue weighted by Crippen LogP contribution is -2.38. The molecule has 0 spiro atoms. The van der Waals surface area contributed by atoms with Crippen LogP contribution in [-0.2, 0) is 6.61 Å². The van der Waals surface area contributed by atoms with Gasteiger partial charge in [-0.05, 0) is 44.6 Å². The summed E-state index contributed by atoms with van der Waals surface area (Å²) in [7, 11) is 0. The van der Waals surface area contributed by atoms with Gasteiger partial charge in [0.2, 0.25) is 0 Å². The lowest BCUT2D eigenvalue weighted by molar-refractivity contribution is 0.0930. The van der Waals surface area contributed by atoms with Gasteiger partial charge in [-0.1, -0.05) is 61.5 Å². The standard InChI is InChI=1S/C25H31N3O3/c1-5-28(6-2)23(20-12-8-7-9-13-20)16-26-25(29)21-14-10-11-15-24(21)30-17-22-18(3)27-31-19(22)4/h7-15,23H,5-6,16-17H2,1-4H3,(H,26,29). The first-order chi connectivity index (χ1) is 15.0. The summed E-state index contributed by atoms with van der Waals surface area (Å²) in [5, 5.41) is 7.07. The molecule has 3 aromatic rings. The Morgan fingerprint density at radius 2 is 1.74 bits per heavy atom. The second-order valence-corrected chi connectivity index (χ2v) is 7.45. The number of rotatable bonds is 10. The highest BCUT2D eigenvalue weighted by atomic mass is 16.5. The summed E-state index contributed by atoms with van der Waals surface area (Å²) in [5.41, 5.74) is 3.40. The lowest BCUT2D eigenvalue weighted by Gasteiger charge is -2.30. The first-order valence-electron chi connectivity index (χ1n) is 10.8. The molecular weight excluding hydrogens is 390 g/mol. The number of nitrogens with zero attached hydrogens (tertiary/aromatic N) is 2. The number of carbonyl (C=O) groups is 1. The van der Waals surface area contributed by atoms with E-state index in [0.717, 1.165) is 30.1 Å². The van der Waals surface area contributed by atoms with E-state index in [4.69, 9.17) is 9.26 Å². The van der Waals surface area contributed by atoms with Gasteiger partial charge in [0.25, 0.3) is 5.91 Å². The van der Waals surface area contributed by atoms with Crippen LogP contribution in [0, 0.1) is 13.8 Å². The molecule has 0 aliphatic heterocycles. The zero-order chi connectivity index (χ0) is 22.2. The van der Waals surface area contributed by atoms with E-state index in [9.17, 15) is 4.79 Å². The van der Waals surface area contributed by atoms with E-state index in [-0.39, 0.29) is 11.9 Å². The first-order valence-corrected chi connectivity index (χ1v) is 10.8. The van der Waals surface area contributed by atoms with Crippen LogP contribution in [0.3, 0.4) is 0 Å². The van der Waals surface area contributed by atoms with Gasteiger partial charge in [-0.25, -0.2) is 0 Å². The van der Waals surface area contributed by atoms with E-state index in [2.05, 4.69) is 41.4 Å². The van der Waals surface area contributed by atoms with Crippen LogP contribution in [0.15, 0.2) is 59.1 Å². The van der Waals surface area contributed by atoms with Gasteiger partial charge in [0.05, 0.1) is 22.9 Å². The van der Waals surface area contributed by atoms with Crippen molar-refractivity contribution in [3.8, 4) is 5.75 Å². The molecule has 6 heteroatoms. The van der Waals surface area contributed by atoms with Gasteiger partial charge in [-0.3, -0.25) is 9.69 Å². The highest BCUT2D eigenvalue weighted by Crippen LogP contribution is 2.23. The molecule has 6 nitrogen and oxygen atoms in total. The van der Waals surface area contributed by atoms with Crippen LogP contribution in [0.4, 0.5) is 0 Å². The Morgan fingerprint density at radius 3 is 2.39 bits per heavy atom. The Kier molecular flexibility index (Phi) is 7.84. The molecule has 0 radical (unpaired) electrons. The summed E-state index contributed by atoms with van der Waals surface area (Å²) in [4.78, 5) is 15.4. The second kappa shape index (κ2) is 10.8. The summed E-state index contributed by atoms with van der Waals surface area (Å²) < 4.78 is 11.2. The van der Waals surface area contributed by atoms with Crippen molar-refractivity contribution in [3.05, 3.63) is 82.7 Å². The van der Waals surface area contributed by atoms with Crippen molar-refractivity contribution in [2.24, 2.45) is 0 Å². The number of hydrogen-bond acceptors (Lipinski definition) is 5. The summed E-state index contributed by atoms with van der Waals surface area (Å²) >= 11 is 0. The molecule has 1 amide bonds. The van der Waals surface area contributed by atoms with Crippen molar-refractivity contribution < 1.29 is 14.1 Å². The number of para-hydroxylation sites is 1. The van der Waals surface area contributed by atoms with Gasteiger partial charge < -0.3 is 14.6 Å². The molecular formula is C25H31N3O3. The average molecular weight is 422 g/mol. The van der Waals surface area contributed by atoms with Crippen LogP contribution in [0.25, 0.3) is 0 Å². The fraction of sp³-hybridized carbons (Fsp3) is 0.360. The van der Waals surface area contributed by atoms with Crippen molar-refractivity contribution in [2.45, 2.75) is 40.3 Å². The van der Waals surface area contributed by atoms with Crippen LogP contribution >= 0.6 is 0 Å². The Hall–Kier alpha value is -3.12. The Bertz CT molecular complexity index is 961. The van der Waals surface area contributed by atoms with Crippen molar-refractivity contribution in [1.82, 2.24) is 15.4 Å². The average Bonchev–Trinajstić information content (AvgIpc) is 3.13. The molecule has 0 saturated carbocycles. The summed E-state index contributed by atoms with van der Waals surface area (Å²) in [6, 6.07) is 17.7. The van der Waals surface area contributed by atoms with E-state index < -0.39 is 0 Å². The number of nitrogens with one attached hydrogen (secondary N) is 1. The van der Waals surface area contributed by atoms with E-state index in [1.54, 1.807) is 6.07 Å². The van der Waals surface area contributed by atoms with Crippen molar-refractivity contribution in [3.63, 3.8) is 0 Å². The predicted octanol–water partition coefficient (Wildman–Crippen LogP) is 4.68. The molecule has 1 N–H and O–H groups in total. The maximum Gasteiger partial charge on any atom is 0.255 e. The molecule has 31 heavy (non-hydrogen) atoms. The third kappa shape index (κ3) is 5.52. The number of hydrogen-bond donors (Lipinski definition) is 1. The normalized spacial score (nSPS) is 12.0. The fourth-order valence-corrected chi connectivity index (χ4v) is 3.72. The lowest BCUT2D eigenvalue weighted by atomic mass is 10.0. The van der Waals surface area contributed by atoms with Crippen LogP contribution in [0.2, 0.25) is 0 Å². The third-order valence-corrected chi connectivity index (χ3v) is 5.58. The number of likely N-dealkylation sites (N-methyl/N-ethyl adjacent to an activating group) is 1. The predicted molar refractivity (Wildman–Crippen MR) is 121 cm³/mol. The van der Waals surface area contributed by atoms with Crippen LogP contribution in [-0.4, -0.2) is 35.6 Å². The van der Waals surface area contributed by atoms with E-state index in [1.165, 1.54) is 5.56 Å². The Morgan fingerprint density at radius 1 is 1.06 bits per heavy atom. The van der Waals surface area contributed by atoms with Gasteiger partial charge in [-0.2, -0.15) is 0 Å². The first kappa shape index (κ1) is 22.6. The molecule has 1 atom stereocenters. The number of amides is 1. The van der Waals surface area contributed by atoms with Gasteiger partial charge in [-0.15, -0.1) is 0 Å². The molecule has 1 aromatic heterocycles. The van der Waals surface area contributed by atoms with Gasteiger partial charge in [0.15, 0.2) is 0 Å². The molecule has 3 rings (SSSR count). The van der Waals surface area contributed by atoms with Crippen molar-refractivity contribution >= 4 is 5.91 Å². The smallest absolute Gasteiger partial charge is 0.255 e. The Balaban J connectivity index is 1.72. The third-order valence-electron chi connectivity index (χ3n) is 5.58. The second-order valence-electron chi connectivity index (χ2n) is 7.45. The molecule has 164 valence electrons. The topological polar surface area (TPSA) is 67.6 Å². The monoisotopic (exact) mass is 421 g/mol. The summed E-state index contributed by atoms with van der Waals surface area (Å²) in [6.07, 6.45) is 0. The number of aromatic nitrogens is 1. The summed E-state index contributed by atoms with van der Waals surface area (Å²) in [6.45, 7) is 10.6. The SMILES string of the molecule is CCN(CC)C(CNC(=O)c1ccccc1OCc1c(C)noc1C)c1ccccc1. The minimum atomic E-state index is -0.151.